The number of phosphoric ester groups is 1. The molecule has 0 spiro atoms. The molecule has 60 heavy (non-hydrogen) atoms. The van der Waals surface area contributed by atoms with E-state index in [1.165, 1.54) is 167 Å². The van der Waals surface area contributed by atoms with Gasteiger partial charge in [0.1, 0.15) is 19.8 Å². The van der Waals surface area contributed by atoms with E-state index in [0.29, 0.717) is 17.4 Å². The van der Waals surface area contributed by atoms with Crippen LogP contribution in [0.3, 0.4) is 0 Å². The van der Waals surface area contributed by atoms with Crippen LogP contribution in [0, 0.1) is 0 Å². The second-order valence-electron chi connectivity index (χ2n) is 18.6. The quantitative estimate of drug-likeness (QED) is 0.0212. The van der Waals surface area contributed by atoms with Gasteiger partial charge in [-0.1, -0.05) is 206 Å². The lowest BCUT2D eigenvalue weighted by atomic mass is 10.0. The van der Waals surface area contributed by atoms with Crippen molar-refractivity contribution >= 4 is 19.8 Å². The van der Waals surface area contributed by atoms with Crippen LogP contribution in [-0.4, -0.2) is 74.9 Å². The molecule has 0 aliphatic rings. The number of ether oxygens (including phenoxy) is 2. The van der Waals surface area contributed by atoms with Gasteiger partial charge in [-0.3, -0.25) is 18.6 Å². The Morgan fingerprint density at radius 1 is 0.500 bits per heavy atom. The third-order valence-electron chi connectivity index (χ3n) is 11.3. The van der Waals surface area contributed by atoms with Crippen LogP contribution >= 0.6 is 7.82 Å². The van der Waals surface area contributed by atoms with Crippen LogP contribution in [0.5, 0.6) is 0 Å². The van der Waals surface area contributed by atoms with E-state index < -0.39 is 26.5 Å². The zero-order valence-corrected chi connectivity index (χ0v) is 41.1. The third-order valence-corrected chi connectivity index (χ3v) is 12.3. The molecule has 0 aromatic rings. The van der Waals surface area contributed by atoms with Gasteiger partial charge in [0.15, 0.2) is 6.10 Å². The molecule has 0 aliphatic heterocycles. The highest BCUT2D eigenvalue weighted by Crippen LogP contribution is 2.43. The summed E-state index contributed by atoms with van der Waals surface area (Å²) in [6, 6.07) is 0. The summed E-state index contributed by atoms with van der Waals surface area (Å²) in [4.78, 5) is 35.5. The van der Waals surface area contributed by atoms with Crippen molar-refractivity contribution in [2.75, 3.05) is 47.5 Å². The number of phosphoric acid groups is 1. The summed E-state index contributed by atoms with van der Waals surface area (Å²) < 4.78 is 34.4. The molecular weight excluding hydrogens is 774 g/mol. The number of unbranched alkanes of at least 4 members (excludes halogenated alkanes) is 31. The number of hydrogen-bond donors (Lipinski definition) is 1. The fourth-order valence-electron chi connectivity index (χ4n) is 7.31. The van der Waals surface area contributed by atoms with Gasteiger partial charge in [-0.25, -0.2) is 4.57 Å². The monoisotopic (exact) mass is 873 g/mol. The van der Waals surface area contributed by atoms with Crippen molar-refractivity contribution in [1.82, 2.24) is 0 Å². The Kier molecular flexibility index (Phi) is 42.1. The first kappa shape index (κ1) is 58.8. The van der Waals surface area contributed by atoms with E-state index in [-0.39, 0.29) is 32.0 Å². The van der Waals surface area contributed by atoms with E-state index in [1.807, 2.05) is 21.1 Å². The second-order valence-corrected chi connectivity index (χ2v) is 20.0. The molecule has 0 rings (SSSR count). The zero-order chi connectivity index (χ0) is 44.3. The van der Waals surface area contributed by atoms with Crippen molar-refractivity contribution in [2.24, 2.45) is 0 Å². The molecule has 2 atom stereocenters. The van der Waals surface area contributed by atoms with Crippen LogP contribution < -0.4 is 0 Å². The number of esters is 2. The standard InChI is InChI=1S/C50H98NO8P/c1-6-8-10-12-14-16-18-20-22-23-24-25-26-27-29-31-33-35-37-39-41-43-50(53)59-48(47-58-60(54,55)57-45-44-51(3,4)5)46-56-49(52)42-40-38-36-34-32-30-28-21-19-17-15-13-11-9-7-2/h30,32,48H,6-29,31,33-47H2,1-5H3/p+1/b32-30+/t48-/m1/s1. The fraction of sp³-hybridized carbons (Fsp3) is 0.920. The third kappa shape index (κ3) is 46.3. The van der Waals surface area contributed by atoms with E-state index in [9.17, 15) is 19.0 Å². The van der Waals surface area contributed by atoms with Crippen LogP contribution in [0.1, 0.15) is 245 Å². The predicted octanol–water partition coefficient (Wildman–Crippen LogP) is 14.9. The van der Waals surface area contributed by atoms with Crippen molar-refractivity contribution in [3.05, 3.63) is 12.2 Å². The Morgan fingerprint density at radius 2 is 0.850 bits per heavy atom. The van der Waals surface area contributed by atoms with E-state index in [4.69, 9.17) is 18.5 Å². The molecule has 9 nitrogen and oxygen atoms in total. The highest BCUT2D eigenvalue weighted by Gasteiger charge is 2.27. The van der Waals surface area contributed by atoms with Gasteiger partial charge in [-0.05, 0) is 38.5 Å². The van der Waals surface area contributed by atoms with E-state index >= 15 is 0 Å². The first-order chi connectivity index (χ1) is 29.0. The molecule has 0 amide bonds. The van der Waals surface area contributed by atoms with Gasteiger partial charge in [0.05, 0.1) is 27.7 Å². The SMILES string of the molecule is CCCCCCCCCC/C=C/CCCCCC(=O)OC[C@H](COP(=O)(O)OCC[N+](C)(C)C)OC(=O)CCCCCCCCCCCCCCCCCCCCCCC. The van der Waals surface area contributed by atoms with Crippen molar-refractivity contribution in [2.45, 2.75) is 251 Å². The van der Waals surface area contributed by atoms with Crippen LogP contribution in [0.2, 0.25) is 0 Å². The van der Waals surface area contributed by atoms with Gasteiger partial charge < -0.3 is 18.9 Å². The summed E-state index contributed by atoms with van der Waals surface area (Å²) in [5, 5.41) is 0. The largest absolute Gasteiger partial charge is 0.472 e. The number of hydrogen-bond acceptors (Lipinski definition) is 7. The number of nitrogens with zero attached hydrogens (tertiary/aromatic N) is 1. The van der Waals surface area contributed by atoms with Gasteiger partial charge in [0.2, 0.25) is 0 Å². The predicted molar refractivity (Wildman–Crippen MR) is 252 cm³/mol. The lowest BCUT2D eigenvalue weighted by Crippen LogP contribution is -2.37. The molecule has 0 bridgehead atoms. The zero-order valence-electron chi connectivity index (χ0n) is 40.2. The van der Waals surface area contributed by atoms with E-state index in [2.05, 4.69) is 26.0 Å². The maximum absolute atomic E-state index is 12.7. The number of carbonyl (C=O) groups excluding carboxylic acids is 2. The number of likely N-dealkylation sites (N-methyl/N-ethyl adjacent to an activating group) is 1. The first-order valence-electron chi connectivity index (χ1n) is 25.4. The molecule has 0 aromatic carbocycles. The van der Waals surface area contributed by atoms with Crippen molar-refractivity contribution < 1.29 is 42.1 Å². The summed E-state index contributed by atoms with van der Waals surface area (Å²) in [5.41, 5.74) is 0. The Hall–Kier alpha value is -1.25. The minimum Gasteiger partial charge on any atom is -0.462 e. The molecule has 0 heterocycles. The average Bonchev–Trinajstić information content (AvgIpc) is 3.20. The Labute approximate surface area is 371 Å². The van der Waals surface area contributed by atoms with Gasteiger partial charge in [-0.2, -0.15) is 0 Å². The van der Waals surface area contributed by atoms with E-state index in [1.54, 1.807) is 0 Å². The number of carbonyl (C=O) groups is 2. The molecule has 356 valence electrons. The number of rotatable bonds is 47. The first-order valence-corrected chi connectivity index (χ1v) is 26.9. The molecule has 0 fully saturated rings. The fourth-order valence-corrected chi connectivity index (χ4v) is 8.05. The van der Waals surface area contributed by atoms with Gasteiger partial charge >= 0.3 is 19.8 Å². The molecule has 0 radical (unpaired) electrons. The minimum absolute atomic E-state index is 0.0330. The van der Waals surface area contributed by atoms with Gasteiger partial charge in [0, 0.05) is 12.8 Å². The van der Waals surface area contributed by atoms with Gasteiger partial charge in [-0.15, -0.1) is 0 Å². The van der Waals surface area contributed by atoms with Crippen LogP contribution in [-0.2, 0) is 32.7 Å². The van der Waals surface area contributed by atoms with E-state index in [0.717, 1.165) is 44.9 Å². The van der Waals surface area contributed by atoms with Crippen LogP contribution in [0.15, 0.2) is 12.2 Å². The maximum atomic E-state index is 12.7. The number of allylic oxidation sites excluding steroid dienone is 2. The summed E-state index contributed by atoms with van der Waals surface area (Å²) in [5.74, 6) is -0.802. The summed E-state index contributed by atoms with van der Waals surface area (Å²) >= 11 is 0. The molecule has 1 N–H and O–H groups in total. The molecular formula is C50H99NO8P+. The summed E-state index contributed by atoms with van der Waals surface area (Å²) in [6.45, 7) is 4.45. The average molecular weight is 873 g/mol. The molecule has 10 heteroatoms. The van der Waals surface area contributed by atoms with Crippen molar-refractivity contribution in [3.8, 4) is 0 Å². The topological polar surface area (TPSA) is 108 Å². The number of quaternary nitrogens is 1. The van der Waals surface area contributed by atoms with Gasteiger partial charge in [0.25, 0.3) is 0 Å². The lowest BCUT2D eigenvalue weighted by molar-refractivity contribution is -0.870. The molecule has 1 unspecified atom stereocenters. The summed E-state index contributed by atoms with van der Waals surface area (Å²) in [7, 11) is 1.48. The molecule has 0 saturated carbocycles. The molecule has 0 aromatic heterocycles. The van der Waals surface area contributed by atoms with Crippen molar-refractivity contribution in [3.63, 3.8) is 0 Å². The highest BCUT2D eigenvalue weighted by molar-refractivity contribution is 7.47. The highest BCUT2D eigenvalue weighted by atomic mass is 31.2. The molecule has 0 aliphatic carbocycles. The smallest absolute Gasteiger partial charge is 0.462 e. The van der Waals surface area contributed by atoms with Crippen LogP contribution in [0.25, 0.3) is 0 Å². The maximum Gasteiger partial charge on any atom is 0.472 e. The Balaban J connectivity index is 4.22. The summed E-state index contributed by atoms with van der Waals surface area (Å²) in [6.07, 6.45) is 46.9. The van der Waals surface area contributed by atoms with Crippen molar-refractivity contribution in [1.29, 1.82) is 0 Å². The van der Waals surface area contributed by atoms with Crippen LogP contribution in [0.4, 0.5) is 0 Å². The minimum atomic E-state index is -4.38. The lowest BCUT2D eigenvalue weighted by Gasteiger charge is -2.24. The second kappa shape index (κ2) is 43.0. The molecule has 0 saturated heterocycles. The Morgan fingerprint density at radius 3 is 1.25 bits per heavy atom. The normalized spacial score (nSPS) is 13.5. The Bertz CT molecular complexity index is 1030.